The first-order valence-electron chi connectivity index (χ1n) is 10.6. The summed E-state index contributed by atoms with van der Waals surface area (Å²) in [6.45, 7) is -3.00. The van der Waals surface area contributed by atoms with Crippen molar-refractivity contribution in [1.29, 1.82) is 0 Å². The highest BCUT2D eigenvalue weighted by Crippen LogP contribution is 2.36. The highest BCUT2D eigenvalue weighted by molar-refractivity contribution is 7.99. The molecule has 34 heavy (non-hydrogen) atoms. The fourth-order valence-electron chi connectivity index (χ4n) is 4.01. The Labute approximate surface area is 201 Å². The zero-order chi connectivity index (χ0) is 23.7. The SMILES string of the molecule is O=C(CSc1nc2sc3c(c2c(=O)n1-c1ccccc1)CCC3)Nc1ccccc1OC(F)F. The van der Waals surface area contributed by atoms with Crippen LogP contribution in [0.1, 0.15) is 16.9 Å². The van der Waals surface area contributed by atoms with Crippen LogP contribution in [0.15, 0.2) is 64.5 Å². The second-order valence-electron chi connectivity index (χ2n) is 7.62. The van der Waals surface area contributed by atoms with Gasteiger partial charge in [0, 0.05) is 4.88 Å². The predicted octanol–water partition coefficient (Wildman–Crippen LogP) is 5.27. The Bertz CT molecular complexity index is 1420. The molecule has 1 aliphatic carbocycles. The Morgan fingerprint density at radius 2 is 1.91 bits per heavy atom. The second-order valence-corrected chi connectivity index (χ2v) is 9.65. The van der Waals surface area contributed by atoms with Crippen LogP contribution in [0.3, 0.4) is 0 Å². The first-order chi connectivity index (χ1) is 16.5. The van der Waals surface area contributed by atoms with Crippen LogP contribution in [0, 0.1) is 0 Å². The van der Waals surface area contributed by atoms with Crippen molar-refractivity contribution in [1.82, 2.24) is 9.55 Å². The van der Waals surface area contributed by atoms with Gasteiger partial charge in [0.15, 0.2) is 5.16 Å². The average Bonchev–Trinajstić information content (AvgIpc) is 3.40. The number of fused-ring (bicyclic) bond motifs is 3. The molecule has 6 nitrogen and oxygen atoms in total. The Balaban J connectivity index is 1.45. The van der Waals surface area contributed by atoms with Crippen LogP contribution < -0.4 is 15.6 Å². The molecular formula is C24H19F2N3O3S2. The zero-order valence-electron chi connectivity index (χ0n) is 17.8. The lowest BCUT2D eigenvalue weighted by molar-refractivity contribution is -0.113. The van der Waals surface area contributed by atoms with Gasteiger partial charge in [-0.15, -0.1) is 11.3 Å². The minimum absolute atomic E-state index is 0.0706. The highest BCUT2D eigenvalue weighted by Gasteiger charge is 2.24. The van der Waals surface area contributed by atoms with E-state index in [1.54, 1.807) is 10.6 Å². The number of para-hydroxylation sites is 3. The molecule has 2 aromatic carbocycles. The Hall–Kier alpha value is -3.24. The van der Waals surface area contributed by atoms with Gasteiger partial charge in [0.05, 0.1) is 22.5 Å². The van der Waals surface area contributed by atoms with Gasteiger partial charge in [-0.05, 0) is 49.1 Å². The van der Waals surface area contributed by atoms with Crippen molar-refractivity contribution in [3.8, 4) is 11.4 Å². The number of carbonyl (C=O) groups is 1. The first-order valence-corrected chi connectivity index (χ1v) is 12.4. The number of nitrogens with zero attached hydrogens (tertiary/aromatic N) is 2. The van der Waals surface area contributed by atoms with Gasteiger partial charge in [0.25, 0.3) is 5.56 Å². The number of rotatable bonds is 7. The molecule has 0 radical (unpaired) electrons. The molecule has 1 aliphatic rings. The number of thiophene rings is 1. The van der Waals surface area contributed by atoms with Gasteiger partial charge < -0.3 is 10.1 Å². The van der Waals surface area contributed by atoms with Gasteiger partial charge in [-0.3, -0.25) is 14.2 Å². The first kappa shape index (κ1) is 22.5. The van der Waals surface area contributed by atoms with Crippen LogP contribution in [-0.2, 0) is 17.6 Å². The number of hydrogen-bond donors (Lipinski definition) is 1. The smallest absolute Gasteiger partial charge is 0.387 e. The average molecular weight is 500 g/mol. The minimum atomic E-state index is -3.00. The van der Waals surface area contributed by atoms with E-state index in [0.717, 1.165) is 36.6 Å². The molecule has 0 atom stereocenters. The van der Waals surface area contributed by atoms with E-state index in [2.05, 4.69) is 10.1 Å². The van der Waals surface area contributed by atoms with Crippen molar-refractivity contribution in [2.75, 3.05) is 11.1 Å². The number of anilines is 1. The molecule has 0 bridgehead atoms. The number of halogens is 2. The van der Waals surface area contributed by atoms with Crippen molar-refractivity contribution < 1.29 is 18.3 Å². The summed E-state index contributed by atoms with van der Waals surface area (Å²) in [6.07, 6.45) is 2.86. The molecule has 1 N–H and O–H groups in total. The maximum Gasteiger partial charge on any atom is 0.387 e. The summed E-state index contributed by atoms with van der Waals surface area (Å²) in [5.41, 5.74) is 1.76. The topological polar surface area (TPSA) is 73.2 Å². The number of alkyl halides is 2. The monoisotopic (exact) mass is 499 g/mol. The lowest BCUT2D eigenvalue weighted by Crippen LogP contribution is -2.23. The number of aryl methyl sites for hydroxylation is 2. The number of aromatic nitrogens is 2. The van der Waals surface area contributed by atoms with E-state index in [1.165, 1.54) is 34.4 Å². The molecule has 0 saturated heterocycles. The lowest BCUT2D eigenvalue weighted by Gasteiger charge is -2.13. The van der Waals surface area contributed by atoms with Gasteiger partial charge in [-0.1, -0.05) is 42.1 Å². The van der Waals surface area contributed by atoms with Gasteiger partial charge in [0.1, 0.15) is 10.6 Å². The summed E-state index contributed by atoms with van der Waals surface area (Å²) < 4.78 is 31.3. The standard InChI is InChI=1S/C24H19F2N3O3S2/c25-23(26)32-17-11-5-4-10-16(17)27-19(30)13-33-24-28-21-20(15-9-6-12-18(15)34-21)22(31)29(24)14-7-2-1-3-8-14/h1-5,7-8,10-11,23H,6,9,12-13H2,(H,27,30). The van der Waals surface area contributed by atoms with Gasteiger partial charge in [-0.25, -0.2) is 4.98 Å². The Morgan fingerprint density at radius 3 is 2.71 bits per heavy atom. The molecule has 2 heterocycles. The molecule has 0 fully saturated rings. The summed E-state index contributed by atoms with van der Waals surface area (Å²) in [7, 11) is 0. The second kappa shape index (κ2) is 9.55. The van der Waals surface area contributed by atoms with Crippen molar-refractivity contribution in [2.45, 2.75) is 31.0 Å². The molecule has 5 rings (SSSR count). The Kier molecular flexibility index (Phi) is 6.34. The van der Waals surface area contributed by atoms with Crippen LogP contribution in [0.5, 0.6) is 5.75 Å². The number of hydrogen-bond acceptors (Lipinski definition) is 6. The van der Waals surface area contributed by atoms with E-state index in [9.17, 15) is 18.4 Å². The molecule has 10 heteroatoms. The maximum absolute atomic E-state index is 13.6. The number of benzene rings is 2. The third-order valence-corrected chi connectivity index (χ3v) is 7.56. The highest BCUT2D eigenvalue weighted by atomic mass is 32.2. The third-order valence-electron chi connectivity index (χ3n) is 5.43. The normalized spacial score (nSPS) is 12.8. The summed E-state index contributed by atoms with van der Waals surface area (Å²) in [4.78, 5) is 32.9. The van der Waals surface area contributed by atoms with Crippen LogP contribution in [0.4, 0.5) is 14.5 Å². The van der Waals surface area contributed by atoms with E-state index in [0.29, 0.717) is 21.1 Å². The molecule has 174 valence electrons. The predicted molar refractivity (Wildman–Crippen MR) is 130 cm³/mol. The van der Waals surface area contributed by atoms with Crippen LogP contribution in [0.2, 0.25) is 0 Å². The molecular weight excluding hydrogens is 480 g/mol. The van der Waals surface area contributed by atoms with Crippen LogP contribution >= 0.6 is 23.1 Å². The van der Waals surface area contributed by atoms with Gasteiger partial charge in [0.2, 0.25) is 5.91 Å². The zero-order valence-corrected chi connectivity index (χ0v) is 19.4. The number of amides is 1. The van der Waals surface area contributed by atoms with Crippen molar-refractivity contribution in [3.63, 3.8) is 0 Å². The fourth-order valence-corrected chi connectivity index (χ4v) is 6.13. The molecule has 0 aliphatic heterocycles. The molecule has 0 spiro atoms. The summed E-state index contributed by atoms with van der Waals surface area (Å²) in [5, 5.41) is 3.66. The quantitative estimate of drug-likeness (QED) is 0.277. The van der Waals surface area contributed by atoms with E-state index < -0.39 is 12.5 Å². The van der Waals surface area contributed by atoms with E-state index in [1.807, 2.05) is 30.3 Å². The van der Waals surface area contributed by atoms with E-state index in [4.69, 9.17) is 4.98 Å². The fraction of sp³-hybridized carbons (Fsp3) is 0.208. The molecule has 0 unspecified atom stereocenters. The molecule has 4 aromatic rings. The van der Waals surface area contributed by atoms with Crippen molar-refractivity contribution in [2.24, 2.45) is 0 Å². The van der Waals surface area contributed by atoms with Gasteiger partial charge in [-0.2, -0.15) is 8.78 Å². The Morgan fingerprint density at radius 1 is 1.15 bits per heavy atom. The third kappa shape index (κ3) is 4.43. The molecule has 2 aromatic heterocycles. The van der Waals surface area contributed by atoms with Crippen LogP contribution in [-0.4, -0.2) is 27.8 Å². The van der Waals surface area contributed by atoms with Crippen molar-refractivity contribution in [3.05, 3.63) is 75.4 Å². The largest absolute Gasteiger partial charge is 0.433 e. The minimum Gasteiger partial charge on any atom is -0.433 e. The molecule has 0 saturated carbocycles. The summed E-state index contributed by atoms with van der Waals surface area (Å²) in [5.74, 6) is -0.624. The van der Waals surface area contributed by atoms with E-state index in [-0.39, 0.29) is 22.7 Å². The van der Waals surface area contributed by atoms with E-state index >= 15 is 0 Å². The number of thioether (sulfide) groups is 1. The number of ether oxygens (including phenoxy) is 1. The molecule has 1 amide bonds. The number of carbonyl (C=O) groups excluding carboxylic acids is 1. The maximum atomic E-state index is 13.6. The summed E-state index contributed by atoms with van der Waals surface area (Å²) in [6, 6.07) is 15.2. The lowest BCUT2D eigenvalue weighted by atomic mass is 10.2. The number of nitrogens with one attached hydrogen (secondary N) is 1. The van der Waals surface area contributed by atoms with Gasteiger partial charge >= 0.3 is 6.61 Å². The van der Waals surface area contributed by atoms with Crippen molar-refractivity contribution >= 4 is 44.9 Å². The summed E-state index contributed by atoms with van der Waals surface area (Å²) >= 11 is 2.65. The van der Waals surface area contributed by atoms with Crippen LogP contribution in [0.25, 0.3) is 15.9 Å².